The highest BCUT2D eigenvalue weighted by Crippen LogP contribution is 2.45. The molecule has 1 saturated carbocycles. The molecule has 0 aliphatic heterocycles. The number of aromatic amines is 1. The molecular formula is C48H73N11O9. The van der Waals surface area contributed by atoms with E-state index in [0.717, 1.165) is 89.0 Å². The average molecular weight is 948 g/mol. The van der Waals surface area contributed by atoms with E-state index < -0.39 is 23.5 Å². The van der Waals surface area contributed by atoms with Crippen LogP contribution in [0.25, 0.3) is 11.2 Å². The quantitative estimate of drug-likeness (QED) is 0.0285. The van der Waals surface area contributed by atoms with Gasteiger partial charge >= 0.3 is 12.0 Å². The van der Waals surface area contributed by atoms with Crippen LogP contribution in [0.3, 0.4) is 0 Å². The number of H-pyrrole nitrogens is 1. The number of carboxylic acids is 1. The number of ether oxygens (including phenoxy) is 2. The highest BCUT2D eigenvalue weighted by atomic mass is 16.5. The molecule has 68 heavy (non-hydrogen) atoms. The number of unbranched alkanes of at least 4 members (excludes halogenated alkanes) is 7. The standard InChI is InChI=1S/C48H73N11O9/c1-3-4-11-22-52-48(66)53-23-12-10-14-34(38-30-33(38)2)13-8-6-5-7-9-15-40(60)50-24-26-67-28-29-68-27-25-51-41(61)21-20-39(46(64)65)57-44(62)35-16-18-36(19-17-35)54-31-37-32-55-43-42(56-37)45(63)59-47(49)58-43/h13,16-19,32-33,38-39,54H,3-12,14-15,20-31H2,1-2H3,(H,50,60)(H,51,61)(H,57,62)(H,64,65)(H2,52,53,66)(H3,49,55,58,59,63)/b34-13+/t33?,38-,39-/m0/s1. The molecule has 5 amide bonds. The van der Waals surface area contributed by atoms with Crippen LogP contribution in [0.4, 0.5) is 16.4 Å². The summed E-state index contributed by atoms with van der Waals surface area (Å²) in [5, 5.41) is 26.7. The Morgan fingerprint density at radius 3 is 2.13 bits per heavy atom. The number of nitrogens with one attached hydrogen (secondary N) is 7. The topological polar surface area (TPSA) is 294 Å². The molecule has 0 bridgehead atoms. The molecule has 0 saturated heterocycles. The van der Waals surface area contributed by atoms with Crippen LogP contribution in [0.1, 0.15) is 126 Å². The van der Waals surface area contributed by atoms with E-state index >= 15 is 0 Å². The van der Waals surface area contributed by atoms with Crippen LogP contribution in [0.2, 0.25) is 0 Å². The number of allylic oxidation sites excluding steroid dienone is 2. The molecule has 1 aliphatic carbocycles. The molecule has 2 heterocycles. The number of carbonyl (C=O) groups excluding carboxylic acids is 4. The molecule has 20 nitrogen and oxygen atoms in total. The fraction of sp³-hybridized carbons (Fsp3) is 0.604. The van der Waals surface area contributed by atoms with Crippen LogP contribution < -0.4 is 43.2 Å². The van der Waals surface area contributed by atoms with E-state index in [9.17, 15) is 33.9 Å². The number of rotatable bonds is 35. The number of urea groups is 1. The van der Waals surface area contributed by atoms with Crippen molar-refractivity contribution in [3.63, 3.8) is 0 Å². The van der Waals surface area contributed by atoms with E-state index in [1.165, 1.54) is 24.8 Å². The maximum absolute atomic E-state index is 12.8. The minimum absolute atomic E-state index is 0.0170. The Labute approximate surface area is 398 Å². The van der Waals surface area contributed by atoms with Crippen molar-refractivity contribution in [3.8, 4) is 0 Å². The molecule has 3 aromatic rings. The molecular weight excluding hydrogens is 875 g/mol. The van der Waals surface area contributed by atoms with Crippen LogP contribution in [-0.4, -0.2) is 113 Å². The summed E-state index contributed by atoms with van der Waals surface area (Å²) in [5.74, 6) is -0.794. The summed E-state index contributed by atoms with van der Waals surface area (Å²) >= 11 is 0. The largest absolute Gasteiger partial charge is 0.480 e. The lowest BCUT2D eigenvalue weighted by atomic mass is 10.00. The number of hydrogen-bond donors (Lipinski definition) is 9. The Hall–Kier alpha value is -6.15. The second-order valence-corrected chi connectivity index (χ2v) is 17.1. The smallest absolute Gasteiger partial charge is 0.326 e. The molecule has 1 fully saturated rings. The van der Waals surface area contributed by atoms with Crippen LogP contribution >= 0.6 is 0 Å². The number of nitrogens with two attached hydrogens (primary N) is 1. The number of amides is 5. The Bertz CT molecular complexity index is 2130. The van der Waals surface area contributed by atoms with Crippen molar-refractivity contribution in [3.05, 3.63) is 63.7 Å². The van der Waals surface area contributed by atoms with Gasteiger partial charge in [-0.25, -0.2) is 19.6 Å². The van der Waals surface area contributed by atoms with Gasteiger partial charge in [-0.15, -0.1) is 0 Å². The summed E-state index contributed by atoms with van der Waals surface area (Å²) < 4.78 is 11.0. The Morgan fingerprint density at radius 1 is 0.824 bits per heavy atom. The highest BCUT2D eigenvalue weighted by Gasteiger charge is 2.35. The Morgan fingerprint density at radius 2 is 1.47 bits per heavy atom. The number of carboxylic acid groups (broad SMARTS) is 1. The van der Waals surface area contributed by atoms with Crippen molar-refractivity contribution in [2.45, 2.75) is 123 Å². The van der Waals surface area contributed by atoms with Gasteiger partial charge in [0.2, 0.25) is 17.8 Å². The van der Waals surface area contributed by atoms with E-state index in [1.54, 1.807) is 17.7 Å². The van der Waals surface area contributed by atoms with Gasteiger partial charge in [0, 0.05) is 50.3 Å². The number of fused-ring (bicyclic) bond motifs is 1. The van der Waals surface area contributed by atoms with Crippen LogP contribution in [0.15, 0.2) is 46.9 Å². The summed E-state index contributed by atoms with van der Waals surface area (Å²) in [7, 11) is 0. The van der Waals surface area contributed by atoms with Gasteiger partial charge in [-0.1, -0.05) is 51.2 Å². The Balaban J connectivity index is 0.947. The lowest BCUT2D eigenvalue weighted by Crippen LogP contribution is -2.41. The third kappa shape index (κ3) is 21.6. The molecule has 20 heteroatoms. The number of aromatic nitrogens is 4. The van der Waals surface area contributed by atoms with Gasteiger partial charge in [0.1, 0.15) is 6.04 Å². The van der Waals surface area contributed by atoms with E-state index in [1.807, 2.05) is 0 Å². The van der Waals surface area contributed by atoms with Crippen molar-refractivity contribution in [1.82, 2.24) is 46.5 Å². The summed E-state index contributed by atoms with van der Waals surface area (Å²) in [6.07, 6.45) is 17.1. The van der Waals surface area contributed by atoms with Crippen molar-refractivity contribution < 1.29 is 38.6 Å². The van der Waals surface area contributed by atoms with E-state index in [-0.39, 0.29) is 73.1 Å². The van der Waals surface area contributed by atoms with E-state index in [0.29, 0.717) is 50.7 Å². The second kappa shape index (κ2) is 31.0. The molecule has 0 radical (unpaired) electrons. The maximum Gasteiger partial charge on any atom is 0.326 e. The number of nitrogen functional groups attached to an aromatic ring is 1. The van der Waals surface area contributed by atoms with E-state index in [4.69, 9.17) is 15.2 Å². The molecule has 1 aromatic carbocycles. The number of carbonyl (C=O) groups is 5. The van der Waals surface area contributed by atoms with Crippen LogP contribution in [-0.2, 0) is 30.4 Å². The Kier molecular flexibility index (Phi) is 24.8. The zero-order valence-corrected chi connectivity index (χ0v) is 39.8. The molecule has 1 unspecified atom stereocenters. The van der Waals surface area contributed by atoms with E-state index in [2.05, 4.69) is 71.8 Å². The molecule has 2 aromatic heterocycles. The van der Waals surface area contributed by atoms with Crippen LogP contribution in [0, 0.1) is 11.8 Å². The highest BCUT2D eigenvalue weighted by molar-refractivity contribution is 5.97. The lowest BCUT2D eigenvalue weighted by Gasteiger charge is -2.15. The van der Waals surface area contributed by atoms with Gasteiger partial charge in [-0.2, -0.15) is 4.98 Å². The summed E-state index contributed by atoms with van der Waals surface area (Å²) in [5.41, 5.74) is 8.13. The third-order valence-electron chi connectivity index (χ3n) is 11.5. The van der Waals surface area contributed by atoms with Gasteiger partial charge < -0.3 is 52.2 Å². The SMILES string of the molecule is CCCCCNC(=O)NCCCC/C(=C\CCCCCCC(=O)NCCOCCOCCNC(=O)CC[C@H](NC(=O)c1ccc(NCc2cnc3nc(N)[nH]c(=O)c3n2)cc1)C(=O)O)[C@H]1CC1C. The summed E-state index contributed by atoms with van der Waals surface area (Å²) in [6, 6.07) is 4.97. The first kappa shape index (κ1) is 54.5. The monoisotopic (exact) mass is 948 g/mol. The predicted octanol–water partition coefficient (Wildman–Crippen LogP) is 4.72. The van der Waals surface area contributed by atoms with Gasteiger partial charge in [0.25, 0.3) is 11.5 Å². The minimum Gasteiger partial charge on any atom is -0.480 e. The number of aliphatic carboxylic acids is 1. The number of nitrogens with zero attached hydrogens (tertiary/aromatic N) is 3. The zero-order chi connectivity index (χ0) is 48.9. The molecule has 4 rings (SSSR count). The molecule has 3 atom stereocenters. The zero-order valence-electron chi connectivity index (χ0n) is 39.8. The van der Waals surface area contributed by atoms with Gasteiger partial charge in [0.05, 0.1) is 44.9 Å². The first-order chi connectivity index (χ1) is 32.9. The average Bonchev–Trinajstić information content (AvgIpc) is 4.06. The first-order valence-electron chi connectivity index (χ1n) is 24.2. The van der Waals surface area contributed by atoms with Crippen LogP contribution in [0.5, 0.6) is 0 Å². The molecule has 0 spiro atoms. The fourth-order valence-electron chi connectivity index (χ4n) is 7.43. The lowest BCUT2D eigenvalue weighted by molar-refractivity contribution is -0.139. The van der Waals surface area contributed by atoms with Gasteiger partial charge in [0.15, 0.2) is 11.2 Å². The molecule has 1 aliphatic rings. The summed E-state index contributed by atoms with van der Waals surface area (Å²) in [6.45, 7) is 7.99. The van der Waals surface area contributed by atoms with Crippen molar-refractivity contribution >= 4 is 52.5 Å². The number of hydrogen-bond acceptors (Lipinski definition) is 13. The molecule has 10 N–H and O–H groups in total. The maximum atomic E-state index is 12.8. The van der Waals surface area contributed by atoms with Gasteiger partial charge in [-0.05, 0) is 93.9 Å². The normalized spacial score (nSPS) is 14.8. The van der Waals surface area contributed by atoms with Crippen molar-refractivity contribution in [2.24, 2.45) is 11.8 Å². The van der Waals surface area contributed by atoms with Gasteiger partial charge in [-0.3, -0.25) is 24.2 Å². The summed E-state index contributed by atoms with van der Waals surface area (Å²) in [4.78, 5) is 88.0. The fourth-order valence-corrected chi connectivity index (χ4v) is 7.43. The first-order valence-corrected chi connectivity index (χ1v) is 24.2. The second-order valence-electron chi connectivity index (χ2n) is 17.1. The van der Waals surface area contributed by atoms with Crippen molar-refractivity contribution in [2.75, 3.05) is 63.7 Å². The third-order valence-corrected chi connectivity index (χ3v) is 11.5. The minimum atomic E-state index is -1.28. The van der Waals surface area contributed by atoms with Crippen molar-refractivity contribution in [1.29, 1.82) is 0 Å². The number of benzene rings is 1. The molecule has 374 valence electrons. The predicted molar refractivity (Wildman–Crippen MR) is 260 cm³/mol. The number of anilines is 2.